The third-order valence-electron chi connectivity index (χ3n) is 13.0. The number of nitrogens with zero attached hydrogens (tertiary/aromatic N) is 8. The molecule has 2 bridgehead atoms. The lowest BCUT2D eigenvalue weighted by molar-refractivity contribution is -0.140. The van der Waals surface area contributed by atoms with Gasteiger partial charge in [0.15, 0.2) is 6.35 Å². The Labute approximate surface area is 395 Å². The molecule has 69 heavy (non-hydrogen) atoms. The molecule has 20 heteroatoms. The van der Waals surface area contributed by atoms with E-state index < -0.39 is 24.0 Å². The number of unbranched alkanes of at least 4 members (excludes halogenated alkanes) is 1. The lowest BCUT2D eigenvalue weighted by Crippen LogP contribution is -2.67. The van der Waals surface area contributed by atoms with Crippen LogP contribution >= 0.6 is 0 Å². The van der Waals surface area contributed by atoms with Gasteiger partial charge in [-0.1, -0.05) is 36.1 Å². The number of alkyl halides is 3. The first-order chi connectivity index (χ1) is 33.3. The average Bonchev–Trinajstić information content (AvgIpc) is 3.73. The van der Waals surface area contributed by atoms with Crippen LogP contribution in [0.15, 0.2) is 73.2 Å². The van der Waals surface area contributed by atoms with Crippen LogP contribution < -0.4 is 26.6 Å². The van der Waals surface area contributed by atoms with Gasteiger partial charge in [0.05, 0.1) is 29.1 Å². The van der Waals surface area contributed by atoms with Crippen LogP contribution in [0.3, 0.4) is 0 Å². The van der Waals surface area contributed by atoms with E-state index in [1.165, 1.54) is 0 Å². The Balaban J connectivity index is 0.845. The summed E-state index contributed by atoms with van der Waals surface area (Å²) in [6.45, 7) is 2.14. The minimum atomic E-state index is -4.59. The van der Waals surface area contributed by atoms with Gasteiger partial charge in [-0.25, -0.2) is 15.0 Å². The summed E-state index contributed by atoms with van der Waals surface area (Å²) in [4.78, 5) is 70.3. The molecule has 358 valence electrons. The molecule has 17 nitrogen and oxygen atoms in total. The van der Waals surface area contributed by atoms with Crippen LogP contribution in [0, 0.1) is 11.8 Å². The maximum Gasteiger partial charge on any atom is 0.416 e. The maximum atomic E-state index is 13.6. The van der Waals surface area contributed by atoms with Crippen LogP contribution in [0.1, 0.15) is 90.9 Å². The molecule has 1 unspecified atom stereocenters. The molecule has 3 atom stereocenters. The van der Waals surface area contributed by atoms with Crippen molar-refractivity contribution >= 4 is 58.1 Å². The van der Waals surface area contributed by atoms with E-state index >= 15 is 0 Å². The van der Waals surface area contributed by atoms with Crippen LogP contribution in [-0.4, -0.2) is 114 Å². The number of aliphatic hydroxyl groups excluding tert-OH is 1. The smallest absolute Gasteiger partial charge is 0.383 e. The Bertz CT molecular complexity index is 2840. The number of hydrogen-bond donors (Lipinski definition) is 5. The summed E-state index contributed by atoms with van der Waals surface area (Å²) < 4.78 is 41.7. The fraction of sp³-hybridized carbons (Fsp3) is 0.388. The Kier molecular flexibility index (Phi) is 13.6. The Morgan fingerprint density at radius 2 is 1.78 bits per heavy atom. The number of nitrogens with one attached hydrogen (secondary N) is 3. The molecule has 1 aliphatic carbocycles. The summed E-state index contributed by atoms with van der Waals surface area (Å²) in [6, 6.07) is 11.8. The Morgan fingerprint density at radius 1 is 0.957 bits per heavy atom. The standard InChI is InChI=1S/C49H51F3N12O5/c50-49(51,52)34-18-20-54-38(23-34)58-47(68)32-15-13-31(14-16-32)44-43-45-33(26-56-46(43)53)8-4-5-21-61(29-41(66)57-35-9-6-10-36(24-35)64(45)60-44)42(67)11-3-1-2-7-30-12-17-39(55-25-30)62-27-37(28-62)63-22-19-40(65)59-48(63)69/h4,8,12-18,20,23,25-26,35-37,48,69H,1,3,5-6,9-11,19,21-22,24,27-29H2,(H2,53,56)(H,57,66)(H,59,65)(H,54,58,68)/b8-4+/t35-,36-,48?/m1/s1. The third kappa shape index (κ3) is 10.7. The highest BCUT2D eigenvalue weighted by Crippen LogP contribution is 2.39. The van der Waals surface area contributed by atoms with Crippen molar-refractivity contribution in [3.05, 3.63) is 95.5 Å². The number of rotatable bonds is 8. The molecule has 9 rings (SSSR count). The largest absolute Gasteiger partial charge is 0.416 e. The number of carbonyl (C=O) groups is 4. The third-order valence-corrected chi connectivity index (χ3v) is 13.0. The van der Waals surface area contributed by atoms with E-state index in [9.17, 15) is 37.5 Å². The summed E-state index contributed by atoms with van der Waals surface area (Å²) in [6.07, 6.45) is 7.72. The summed E-state index contributed by atoms with van der Waals surface area (Å²) in [5, 5.41) is 24.1. The number of nitrogens with two attached hydrogens (primary N) is 1. The molecular formula is C49H51F3N12O5. The maximum absolute atomic E-state index is 13.6. The zero-order chi connectivity index (χ0) is 48.2. The lowest BCUT2D eigenvalue weighted by Gasteiger charge is -2.48. The van der Waals surface area contributed by atoms with Crippen molar-refractivity contribution in [3.8, 4) is 23.1 Å². The molecule has 0 spiro atoms. The van der Waals surface area contributed by atoms with Crippen molar-refractivity contribution in [1.82, 2.24) is 45.2 Å². The van der Waals surface area contributed by atoms with E-state index in [4.69, 9.17) is 10.8 Å². The number of nitrogen functional groups attached to an aromatic ring is 1. The van der Waals surface area contributed by atoms with Gasteiger partial charge in [-0.3, -0.25) is 28.8 Å². The number of carbonyl (C=O) groups excluding carboxylic acids is 4. The first kappa shape index (κ1) is 46.7. The molecule has 5 aromatic rings. The highest BCUT2D eigenvalue weighted by Gasteiger charge is 2.38. The molecule has 0 radical (unpaired) electrons. The molecule has 4 aromatic heterocycles. The van der Waals surface area contributed by atoms with Crippen molar-refractivity contribution in [3.63, 3.8) is 0 Å². The van der Waals surface area contributed by atoms with Gasteiger partial charge in [0.25, 0.3) is 5.91 Å². The molecule has 7 heterocycles. The number of aliphatic hydroxyl groups is 1. The average molecular weight is 945 g/mol. The van der Waals surface area contributed by atoms with Gasteiger partial charge in [-0.05, 0) is 74.9 Å². The van der Waals surface area contributed by atoms with Gasteiger partial charge in [0, 0.05) is 98.4 Å². The summed E-state index contributed by atoms with van der Waals surface area (Å²) in [7, 11) is 0. The van der Waals surface area contributed by atoms with Crippen LogP contribution in [0.4, 0.5) is 30.6 Å². The number of halogens is 3. The summed E-state index contributed by atoms with van der Waals surface area (Å²) in [5.74, 6) is 5.95. The normalized spacial score (nSPS) is 20.7. The molecular weight excluding hydrogens is 894 g/mol. The first-order valence-electron chi connectivity index (χ1n) is 23.1. The lowest BCUT2D eigenvalue weighted by atomic mass is 9.90. The molecule has 6 N–H and O–H groups in total. The fourth-order valence-electron chi connectivity index (χ4n) is 9.33. The van der Waals surface area contributed by atoms with Gasteiger partial charge >= 0.3 is 6.18 Å². The predicted octanol–water partition coefficient (Wildman–Crippen LogP) is 5.10. The molecule has 1 aromatic carbocycles. The fourth-order valence-corrected chi connectivity index (χ4v) is 9.33. The molecule has 4 aliphatic rings. The van der Waals surface area contributed by atoms with Crippen molar-refractivity contribution in [1.29, 1.82) is 0 Å². The van der Waals surface area contributed by atoms with E-state index in [1.54, 1.807) is 41.6 Å². The SMILES string of the molecule is Nc1ncc2c3c1c(-c1ccc(C(=O)Nc4cc(C(F)(F)F)ccn4)cc1)nn3[C@@H]1CCC[C@H](C1)NC(=O)CN(C(=O)CCCC#Cc1ccc(N3CC(N4CCC(=O)NC4O)C3)nc1)CC/C=C/2. The highest BCUT2D eigenvalue weighted by atomic mass is 19.4. The zero-order valence-electron chi connectivity index (χ0n) is 37.6. The minimum absolute atomic E-state index is 0.0697. The monoisotopic (exact) mass is 944 g/mol. The van der Waals surface area contributed by atoms with Crippen LogP contribution in [0.25, 0.3) is 28.2 Å². The molecule has 1 saturated carbocycles. The van der Waals surface area contributed by atoms with Crippen LogP contribution in [-0.2, 0) is 20.6 Å². The number of aromatic nitrogens is 5. The predicted molar refractivity (Wildman–Crippen MR) is 251 cm³/mol. The van der Waals surface area contributed by atoms with Gasteiger partial charge in [0.1, 0.15) is 23.1 Å². The molecule has 2 saturated heterocycles. The minimum Gasteiger partial charge on any atom is -0.383 e. The van der Waals surface area contributed by atoms with Crippen LogP contribution in [0.2, 0.25) is 0 Å². The van der Waals surface area contributed by atoms with Crippen molar-refractivity contribution < 1.29 is 37.5 Å². The number of fused-ring (bicyclic) bond motifs is 3. The number of pyridine rings is 3. The van der Waals surface area contributed by atoms with E-state index in [-0.39, 0.29) is 66.0 Å². The van der Waals surface area contributed by atoms with E-state index in [2.05, 4.69) is 47.6 Å². The molecule has 3 fully saturated rings. The van der Waals surface area contributed by atoms with E-state index in [1.807, 2.05) is 33.9 Å². The number of anilines is 3. The quantitative estimate of drug-likeness (QED) is 0.102. The second kappa shape index (κ2) is 20.1. The van der Waals surface area contributed by atoms with E-state index in [0.717, 1.165) is 60.1 Å². The van der Waals surface area contributed by atoms with Crippen LogP contribution in [0.5, 0.6) is 0 Å². The van der Waals surface area contributed by atoms with Gasteiger partial charge in [-0.2, -0.15) is 18.3 Å². The topological polar surface area (TPSA) is 217 Å². The van der Waals surface area contributed by atoms with E-state index in [0.29, 0.717) is 74.9 Å². The zero-order valence-corrected chi connectivity index (χ0v) is 37.6. The molecule has 3 aliphatic heterocycles. The number of hydrogen-bond acceptors (Lipinski definition) is 12. The number of amides is 4. The number of benzene rings is 1. The first-order valence-corrected chi connectivity index (χ1v) is 23.1. The van der Waals surface area contributed by atoms with Gasteiger partial charge < -0.3 is 36.6 Å². The van der Waals surface area contributed by atoms with Gasteiger partial charge in [-0.15, -0.1) is 0 Å². The van der Waals surface area contributed by atoms with Crippen molar-refractivity contribution in [2.75, 3.05) is 48.7 Å². The molecule has 4 amide bonds. The summed E-state index contributed by atoms with van der Waals surface area (Å²) >= 11 is 0. The van der Waals surface area contributed by atoms with Crippen molar-refractivity contribution in [2.45, 2.75) is 88.4 Å². The second-order valence-electron chi connectivity index (χ2n) is 17.7. The highest BCUT2D eigenvalue weighted by molar-refractivity contribution is 6.06. The Morgan fingerprint density at radius 3 is 2.55 bits per heavy atom. The second-order valence-corrected chi connectivity index (χ2v) is 17.7. The van der Waals surface area contributed by atoms with Crippen molar-refractivity contribution in [2.24, 2.45) is 0 Å². The Hall–Kier alpha value is -7.37. The summed E-state index contributed by atoms with van der Waals surface area (Å²) in [5.41, 5.74) is 9.32. The van der Waals surface area contributed by atoms with Gasteiger partial charge in [0.2, 0.25) is 17.7 Å².